The van der Waals surface area contributed by atoms with Crippen LogP contribution in [0.1, 0.15) is 12.0 Å². The second-order valence-corrected chi connectivity index (χ2v) is 6.21. The molecule has 1 saturated heterocycles. The van der Waals surface area contributed by atoms with Gasteiger partial charge in [0.05, 0.1) is 7.11 Å². The number of benzene rings is 1. The Balaban J connectivity index is 1.39. The normalized spacial score (nSPS) is 16.5. The van der Waals surface area contributed by atoms with Crippen molar-refractivity contribution in [1.82, 2.24) is 15.6 Å². The Morgan fingerprint density at radius 1 is 1.28 bits per heavy atom. The Morgan fingerprint density at radius 3 is 2.92 bits per heavy atom. The number of amides is 2. The minimum absolute atomic E-state index is 0.144. The van der Waals surface area contributed by atoms with Gasteiger partial charge in [-0.05, 0) is 36.1 Å². The van der Waals surface area contributed by atoms with Gasteiger partial charge in [-0.3, -0.25) is 0 Å². The van der Waals surface area contributed by atoms with Crippen LogP contribution >= 0.6 is 0 Å². The van der Waals surface area contributed by atoms with Crippen molar-refractivity contribution in [2.24, 2.45) is 5.92 Å². The Hall–Kier alpha value is -2.76. The molecular formula is C19H24N4O2. The monoisotopic (exact) mass is 340 g/mol. The Morgan fingerprint density at radius 2 is 2.12 bits per heavy atom. The molecule has 1 aliphatic heterocycles. The molecule has 0 unspecified atom stereocenters. The SMILES string of the molecule is COc1cc(CNC(=O)NC[C@@H]2CCN(c3ccccc3)C2)ccn1. The molecule has 1 atom stereocenters. The number of urea groups is 1. The number of rotatable bonds is 6. The van der Waals surface area contributed by atoms with E-state index in [4.69, 9.17) is 4.74 Å². The second-order valence-electron chi connectivity index (χ2n) is 6.21. The van der Waals surface area contributed by atoms with Crippen molar-refractivity contribution in [3.05, 3.63) is 54.2 Å². The van der Waals surface area contributed by atoms with Gasteiger partial charge < -0.3 is 20.3 Å². The van der Waals surface area contributed by atoms with E-state index < -0.39 is 0 Å². The number of aromatic nitrogens is 1. The number of methoxy groups -OCH3 is 1. The number of carbonyl (C=O) groups excluding carboxylic acids is 1. The fourth-order valence-corrected chi connectivity index (χ4v) is 3.03. The van der Waals surface area contributed by atoms with Gasteiger partial charge in [0.1, 0.15) is 0 Å². The standard InChI is InChI=1S/C19H24N4O2/c1-25-18-11-15(7-9-20-18)12-21-19(24)22-13-16-8-10-23(14-16)17-5-3-2-4-6-17/h2-7,9,11,16H,8,10,12-14H2,1H3,(H2,21,22,24)/t16-/m0/s1. The summed E-state index contributed by atoms with van der Waals surface area (Å²) < 4.78 is 5.08. The molecule has 2 amide bonds. The Bertz CT molecular complexity index is 693. The van der Waals surface area contributed by atoms with Crippen molar-refractivity contribution in [3.8, 4) is 5.88 Å². The van der Waals surface area contributed by atoms with E-state index in [-0.39, 0.29) is 6.03 Å². The molecule has 1 aromatic carbocycles. The fourth-order valence-electron chi connectivity index (χ4n) is 3.03. The largest absolute Gasteiger partial charge is 0.481 e. The number of nitrogens with one attached hydrogen (secondary N) is 2. The molecule has 0 spiro atoms. The molecule has 25 heavy (non-hydrogen) atoms. The molecule has 0 radical (unpaired) electrons. The van der Waals surface area contributed by atoms with Crippen LogP contribution < -0.4 is 20.3 Å². The first kappa shape index (κ1) is 17.1. The van der Waals surface area contributed by atoms with Crippen molar-refractivity contribution in [1.29, 1.82) is 0 Å². The first-order valence-corrected chi connectivity index (χ1v) is 8.55. The topological polar surface area (TPSA) is 66.5 Å². The maximum atomic E-state index is 12.0. The van der Waals surface area contributed by atoms with Gasteiger partial charge >= 0.3 is 6.03 Å². The number of para-hydroxylation sites is 1. The second kappa shape index (κ2) is 8.37. The number of pyridine rings is 1. The molecule has 2 heterocycles. The van der Waals surface area contributed by atoms with Crippen molar-refractivity contribution in [2.75, 3.05) is 31.6 Å². The van der Waals surface area contributed by atoms with Crippen LogP contribution in [0.4, 0.5) is 10.5 Å². The van der Waals surface area contributed by atoms with E-state index in [0.717, 1.165) is 25.1 Å². The summed E-state index contributed by atoms with van der Waals surface area (Å²) in [5, 5.41) is 5.84. The zero-order valence-corrected chi connectivity index (χ0v) is 14.4. The van der Waals surface area contributed by atoms with Gasteiger partial charge in [-0.2, -0.15) is 0 Å². The highest BCUT2D eigenvalue weighted by atomic mass is 16.5. The quantitative estimate of drug-likeness (QED) is 0.847. The van der Waals surface area contributed by atoms with Crippen LogP contribution in [0.3, 0.4) is 0 Å². The van der Waals surface area contributed by atoms with Crippen LogP contribution in [0.2, 0.25) is 0 Å². The van der Waals surface area contributed by atoms with Crippen molar-refractivity contribution < 1.29 is 9.53 Å². The highest BCUT2D eigenvalue weighted by Gasteiger charge is 2.22. The van der Waals surface area contributed by atoms with Crippen molar-refractivity contribution in [3.63, 3.8) is 0 Å². The van der Waals surface area contributed by atoms with E-state index in [2.05, 4.69) is 44.8 Å². The summed E-state index contributed by atoms with van der Waals surface area (Å²) in [6.45, 7) is 3.15. The molecule has 1 fully saturated rings. The van der Waals surface area contributed by atoms with Gasteiger partial charge in [-0.1, -0.05) is 18.2 Å². The van der Waals surface area contributed by atoms with Crippen LogP contribution in [0.15, 0.2) is 48.7 Å². The summed E-state index contributed by atoms with van der Waals surface area (Å²) in [4.78, 5) is 18.4. The molecule has 0 aliphatic carbocycles. The predicted molar refractivity (Wildman–Crippen MR) is 97.8 cm³/mol. The van der Waals surface area contributed by atoms with Crippen LogP contribution in [0, 0.1) is 5.92 Å². The number of carbonyl (C=O) groups is 1. The summed E-state index contributed by atoms with van der Waals surface area (Å²) in [7, 11) is 1.58. The minimum atomic E-state index is -0.144. The van der Waals surface area contributed by atoms with Gasteiger partial charge in [0.2, 0.25) is 5.88 Å². The lowest BCUT2D eigenvalue weighted by atomic mass is 10.1. The number of anilines is 1. The highest BCUT2D eigenvalue weighted by Crippen LogP contribution is 2.22. The van der Waals surface area contributed by atoms with E-state index in [1.807, 2.05) is 18.2 Å². The first-order valence-electron chi connectivity index (χ1n) is 8.55. The van der Waals surface area contributed by atoms with Gasteiger partial charge in [0, 0.05) is 44.1 Å². The summed E-state index contributed by atoms with van der Waals surface area (Å²) in [5.74, 6) is 1.03. The molecule has 6 nitrogen and oxygen atoms in total. The molecule has 3 rings (SSSR count). The summed E-state index contributed by atoms with van der Waals surface area (Å²) in [6, 6.07) is 13.9. The molecule has 1 aliphatic rings. The van der Waals surface area contributed by atoms with E-state index in [0.29, 0.717) is 24.9 Å². The van der Waals surface area contributed by atoms with E-state index in [1.54, 1.807) is 13.3 Å². The average Bonchev–Trinajstić information content (AvgIpc) is 3.15. The molecule has 2 aromatic rings. The maximum absolute atomic E-state index is 12.0. The Kier molecular flexibility index (Phi) is 5.72. The first-order chi connectivity index (χ1) is 12.2. The van der Waals surface area contributed by atoms with Crippen LogP contribution in [0.5, 0.6) is 5.88 Å². The Labute approximate surface area is 148 Å². The highest BCUT2D eigenvalue weighted by molar-refractivity contribution is 5.73. The lowest BCUT2D eigenvalue weighted by Gasteiger charge is -2.18. The van der Waals surface area contributed by atoms with Gasteiger partial charge in [-0.15, -0.1) is 0 Å². The van der Waals surface area contributed by atoms with Gasteiger partial charge in [0.25, 0.3) is 0 Å². The number of hydrogen-bond donors (Lipinski definition) is 2. The summed E-state index contributed by atoms with van der Waals surface area (Å²) in [5.41, 5.74) is 2.21. The van der Waals surface area contributed by atoms with Crippen LogP contribution in [-0.2, 0) is 6.54 Å². The average molecular weight is 340 g/mol. The van der Waals surface area contributed by atoms with Crippen molar-refractivity contribution in [2.45, 2.75) is 13.0 Å². The fraction of sp³-hybridized carbons (Fsp3) is 0.368. The number of hydrogen-bond acceptors (Lipinski definition) is 4. The van der Waals surface area contributed by atoms with Gasteiger partial charge in [0.15, 0.2) is 0 Å². The molecular weight excluding hydrogens is 316 g/mol. The van der Waals surface area contributed by atoms with Gasteiger partial charge in [-0.25, -0.2) is 9.78 Å². The number of nitrogens with zero attached hydrogens (tertiary/aromatic N) is 2. The molecule has 2 N–H and O–H groups in total. The third-order valence-electron chi connectivity index (χ3n) is 4.42. The van der Waals surface area contributed by atoms with Crippen LogP contribution in [-0.4, -0.2) is 37.8 Å². The van der Waals surface area contributed by atoms with E-state index >= 15 is 0 Å². The molecule has 1 aromatic heterocycles. The number of ether oxygens (including phenoxy) is 1. The third kappa shape index (κ3) is 4.86. The molecule has 6 heteroatoms. The maximum Gasteiger partial charge on any atom is 0.315 e. The van der Waals surface area contributed by atoms with E-state index in [9.17, 15) is 4.79 Å². The van der Waals surface area contributed by atoms with Crippen LogP contribution in [0.25, 0.3) is 0 Å². The molecule has 132 valence electrons. The molecule has 0 bridgehead atoms. The predicted octanol–water partition coefficient (Wildman–Crippen LogP) is 2.42. The summed E-state index contributed by atoms with van der Waals surface area (Å²) in [6.07, 6.45) is 2.77. The zero-order valence-electron chi connectivity index (χ0n) is 14.4. The van der Waals surface area contributed by atoms with E-state index in [1.165, 1.54) is 5.69 Å². The minimum Gasteiger partial charge on any atom is -0.481 e. The molecule has 0 saturated carbocycles. The smallest absolute Gasteiger partial charge is 0.315 e. The summed E-state index contributed by atoms with van der Waals surface area (Å²) >= 11 is 0. The van der Waals surface area contributed by atoms with Crippen molar-refractivity contribution >= 4 is 11.7 Å². The lowest BCUT2D eigenvalue weighted by molar-refractivity contribution is 0.239. The third-order valence-corrected chi connectivity index (χ3v) is 4.42. The zero-order chi connectivity index (χ0) is 17.5. The lowest BCUT2D eigenvalue weighted by Crippen LogP contribution is -2.38.